The molecule has 318 valence electrons. The molecule has 3 aliphatic heterocycles. The Morgan fingerprint density at radius 3 is 1.48 bits per heavy atom. The number of carbonyl (C=O) groups excluding carboxylic acids is 2. The molecule has 62 heavy (non-hydrogen) atoms. The fourth-order valence-electron chi connectivity index (χ4n) is 7.17. The van der Waals surface area contributed by atoms with Gasteiger partial charge in [-0.15, -0.1) is 0 Å². The average Bonchev–Trinajstić information content (AvgIpc) is 4.10. The molecule has 5 aromatic rings. The molecule has 2 saturated heterocycles. The number of fused-ring (bicyclic) bond motifs is 1. The van der Waals surface area contributed by atoms with Crippen molar-refractivity contribution in [1.29, 1.82) is 10.5 Å². The predicted octanol–water partition coefficient (Wildman–Crippen LogP) is 7.89. The van der Waals surface area contributed by atoms with Gasteiger partial charge in [0, 0.05) is 62.6 Å². The van der Waals surface area contributed by atoms with E-state index in [1.165, 1.54) is 17.7 Å². The second kappa shape index (κ2) is 21.0. The van der Waals surface area contributed by atoms with E-state index in [4.69, 9.17) is 26.2 Å². The standard InChI is InChI=1S/C28H24N6O2.C20H22N6.4H2/c29-18-20-11-13-22(14-12-20)31-28-30-19-21(25(32-28)33-15-6-7-16-33)8-2-1-5-17-34-26(35)23-9-3-4-10-24(23)27(34)36;21-11-3-1-2-6-17-15-23-20(25-19(17)26-12-4-5-13-26)24-18-9-7-16(14-22)8-10-18;;;;/h3-4,9-14,19H,1,5-7,15-17H2,(H,30,31,32);7-10,15H,1,3-5,11-13,21H2,(H,23,24,25);4*1H. The summed E-state index contributed by atoms with van der Waals surface area (Å²) >= 11 is 0. The van der Waals surface area contributed by atoms with Gasteiger partial charge in [-0.25, -0.2) is 9.97 Å². The van der Waals surface area contributed by atoms with Crippen LogP contribution in [0.25, 0.3) is 0 Å². The summed E-state index contributed by atoms with van der Waals surface area (Å²) in [6, 6.07) is 25.5. The Balaban J connectivity index is 0.000000346. The maximum atomic E-state index is 12.5. The van der Waals surface area contributed by atoms with Crippen molar-refractivity contribution < 1.29 is 15.3 Å². The molecule has 0 spiro atoms. The molecule has 2 aromatic heterocycles. The van der Waals surface area contributed by atoms with Crippen molar-refractivity contribution in [2.75, 3.05) is 59.7 Å². The molecule has 14 heteroatoms. The lowest BCUT2D eigenvalue weighted by atomic mass is 10.1. The Morgan fingerprint density at radius 2 is 1.06 bits per heavy atom. The molecule has 0 aliphatic carbocycles. The Hall–Kier alpha value is -7.78. The highest BCUT2D eigenvalue weighted by atomic mass is 16.2. The minimum atomic E-state index is -0.237. The zero-order valence-corrected chi connectivity index (χ0v) is 34.4. The summed E-state index contributed by atoms with van der Waals surface area (Å²) in [4.78, 5) is 49.1. The van der Waals surface area contributed by atoms with E-state index < -0.39 is 0 Å². The fraction of sp³-hybridized carbons (Fsp3) is 0.292. The maximum absolute atomic E-state index is 12.5. The zero-order valence-electron chi connectivity index (χ0n) is 34.4. The monoisotopic (exact) mass is 830 g/mol. The minimum absolute atomic E-state index is 0. The van der Waals surface area contributed by atoms with Crippen molar-refractivity contribution in [3.63, 3.8) is 0 Å². The third kappa shape index (κ3) is 10.7. The number of unbranched alkanes of at least 4 members (excludes halogenated alkanes) is 2. The van der Waals surface area contributed by atoms with Crippen molar-refractivity contribution in [1.82, 2.24) is 24.8 Å². The van der Waals surface area contributed by atoms with Crippen LogP contribution in [0.3, 0.4) is 0 Å². The smallest absolute Gasteiger partial charge is 0.261 e. The van der Waals surface area contributed by atoms with Crippen molar-refractivity contribution in [3.8, 4) is 35.8 Å². The number of nitrogens with two attached hydrogens (primary N) is 1. The Labute approximate surface area is 367 Å². The molecule has 2 fully saturated rings. The van der Waals surface area contributed by atoms with Gasteiger partial charge in [0.2, 0.25) is 11.9 Å². The third-order valence-electron chi connectivity index (χ3n) is 10.4. The van der Waals surface area contributed by atoms with Crippen LogP contribution in [0.2, 0.25) is 0 Å². The molecule has 3 aromatic carbocycles. The molecule has 2 amide bonds. The van der Waals surface area contributed by atoms with Gasteiger partial charge < -0.3 is 26.2 Å². The van der Waals surface area contributed by atoms with Gasteiger partial charge in [0.25, 0.3) is 11.8 Å². The summed E-state index contributed by atoms with van der Waals surface area (Å²) in [7, 11) is 0. The summed E-state index contributed by atoms with van der Waals surface area (Å²) in [5, 5.41) is 24.3. The van der Waals surface area contributed by atoms with Crippen molar-refractivity contribution in [2.45, 2.75) is 51.4 Å². The highest BCUT2D eigenvalue weighted by Gasteiger charge is 2.34. The van der Waals surface area contributed by atoms with Gasteiger partial charge >= 0.3 is 0 Å². The van der Waals surface area contributed by atoms with E-state index in [1.807, 2.05) is 24.3 Å². The number of hydrogen-bond donors (Lipinski definition) is 3. The van der Waals surface area contributed by atoms with Crippen LogP contribution < -0.4 is 26.2 Å². The van der Waals surface area contributed by atoms with E-state index in [-0.39, 0.29) is 17.5 Å². The first-order valence-corrected chi connectivity index (χ1v) is 20.9. The molecular formula is C48H54N12O2. The zero-order chi connectivity index (χ0) is 43.1. The van der Waals surface area contributed by atoms with Crippen molar-refractivity contribution in [2.24, 2.45) is 5.73 Å². The quantitative estimate of drug-likeness (QED) is 0.0662. The number of aromatic nitrogens is 4. The number of benzene rings is 3. The summed E-state index contributed by atoms with van der Waals surface area (Å²) in [5.41, 5.74) is 10.9. The van der Waals surface area contributed by atoms with Crippen LogP contribution >= 0.6 is 0 Å². The van der Waals surface area contributed by atoms with E-state index in [0.29, 0.717) is 60.1 Å². The van der Waals surface area contributed by atoms with Crippen LogP contribution in [-0.4, -0.2) is 75.9 Å². The van der Waals surface area contributed by atoms with Gasteiger partial charge in [-0.05, 0) is 106 Å². The van der Waals surface area contributed by atoms with Crippen molar-refractivity contribution >= 4 is 46.7 Å². The van der Waals surface area contributed by atoms with Gasteiger partial charge in [0.15, 0.2) is 0 Å². The number of hydrogen-bond acceptors (Lipinski definition) is 13. The predicted molar refractivity (Wildman–Crippen MR) is 247 cm³/mol. The average molecular weight is 831 g/mol. The van der Waals surface area contributed by atoms with E-state index in [2.05, 4.69) is 66.2 Å². The van der Waals surface area contributed by atoms with Gasteiger partial charge in [0.1, 0.15) is 11.6 Å². The molecule has 0 bridgehead atoms. The topological polar surface area (TPSA) is 193 Å². The number of imide groups is 1. The Morgan fingerprint density at radius 1 is 0.629 bits per heavy atom. The molecule has 4 N–H and O–H groups in total. The molecule has 0 radical (unpaired) electrons. The SMILES string of the molecule is N#Cc1ccc(Nc2ncc(C#CCCCN)c(N3CCCC3)n2)cc1.N#Cc1ccc(Nc2ncc(C#CCCCN3C(=O)c4ccccc4C3=O)c(N3CCCC3)n2)cc1.[HH].[HH].[HH].[HH]. The van der Waals surface area contributed by atoms with Crippen LogP contribution in [0.1, 0.15) is 100 Å². The second-order valence-electron chi connectivity index (χ2n) is 14.8. The van der Waals surface area contributed by atoms with Crippen LogP contribution in [0.5, 0.6) is 0 Å². The third-order valence-corrected chi connectivity index (χ3v) is 10.4. The molecule has 3 aliphatic rings. The minimum Gasteiger partial charge on any atom is -0.355 e. The van der Waals surface area contributed by atoms with Gasteiger partial charge in [-0.3, -0.25) is 14.5 Å². The number of amides is 2. The molecule has 14 nitrogen and oxygen atoms in total. The molecule has 0 atom stereocenters. The summed E-state index contributed by atoms with van der Waals surface area (Å²) in [6.45, 7) is 4.81. The van der Waals surface area contributed by atoms with Crippen LogP contribution in [0, 0.1) is 46.3 Å². The second-order valence-corrected chi connectivity index (χ2v) is 14.8. The van der Waals surface area contributed by atoms with Gasteiger partial charge in [-0.1, -0.05) is 35.8 Å². The Bertz CT molecular complexity index is 2590. The highest BCUT2D eigenvalue weighted by molar-refractivity contribution is 6.21. The number of anilines is 6. The Kier molecular flexibility index (Phi) is 14.3. The first-order valence-electron chi connectivity index (χ1n) is 20.9. The van der Waals surface area contributed by atoms with Gasteiger partial charge in [0.05, 0.1) is 57.9 Å². The summed E-state index contributed by atoms with van der Waals surface area (Å²) in [6.07, 6.45) is 10.9. The van der Waals surface area contributed by atoms with Crippen LogP contribution in [0.4, 0.5) is 34.9 Å². The lowest BCUT2D eigenvalue weighted by Crippen LogP contribution is -2.30. The fourth-order valence-corrected chi connectivity index (χ4v) is 7.17. The molecule has 5 heterocycles. The number of carbonyl (C=O) groups is 2. The molecule has 8 rings (SSSR count). The molecule has 0 unspecified atom stereocenters. The summed E-state index contributed by atoms with van der Waals surface area (Å²) < 4.78 is 0. The van der Waals surface area contributed by atoms with Gasteiger partial charge in [-0.2, -0.15) is 20.5 Å². The number of nitrogens with one attached hydrogen (secondary N) is 2. The largest absolute Gasteiger partial charge is 0.355 e. The van der Waals surface area contributed by atoms with E-state index in [0.717, 1.165) is 86.0 Å². The lowest BCUT2D eigenvalue weighted by Gasteiger charge is -2.18. The highest BCUT2D eigenvalue weighted by Crippen LogP contribution is 2.27. The molecular weight excluding hydrogens is 777 g/mol. The number of nitriles is 2. The summed E-state index contributed by atoms with van der Waals surface area (Å²) in [5.74, 6) is 14.9. The maximum Gasteiger partial charge on any atom is 0.261 e. The number of nitrogens with zero attached hydrogens (tertiary/aromatic N) is 9. The number of rotatable bonds is 11. The van der Waals surface area contributed by atoms with Crippen LogP contribution in [-0.2, 0) is 0 Å². The molecule has 0 saturated carbocycles. The van der Waals surface area contributed by atoms with E-state index >= 15 is 0 Å². The van der Waals surface area contributed by atoms with E-state index in [1.54, 1.807) is 60.9 Å². The van der Waals surface area contributed by atoms with Crippen LogP contribution in [0.15, 0.2) is 85.2 Å². The van der Waals surface area contributed by atoms with E-state index in [9.17, 15) is 9.59 Å². The van der Waals surface area contributed by atoms with Crippen molar-refractivity contribution in [3.05, 3.63) is 119 Å². The first kappa shape index (κ1) is 42.3. The lowest BCUT2D eigenvalue weighted by molar-refractivity contribution is 0.0653. The first-order chi connectivity index (χ1) is 30.4. The normalized spacial score (nSPS) is 13.8.